The molecule has 3 heterocycles. The maximum Gasteiger partial charge on any atom is 0.416 e. The van der Waals surface area contributed by atoms with Gasteiger partial charge >= 0.3 is 6.18 Å². The molecule has 1 saturated heterocycles. The number of anilines is 1. The molecular formula is C37H46Cl2F6N4O4. The number of pyridine rings is 1. The van der Waals surface area contributed by atoms with Gasteiger partial charge in [-0.15, -0.1) is 24.8 Å². The first-order chi connectivity index (χ1) is 24.0. The average Bonchev–Trinajstić information content (AvgIpc) is 3.09. The van der Waals surface area contributed by atoms with Crippen molar-refractivity contribution in [2.24, 2.45) is 5.41 Å². The van der Waals surface area contributed by atoms with E-state index in [0.29, 0.717) is 73.0 Å². The molecule has 0 bridgehead atoms. The summed E-state index contributed by atoms with van der Waals surface area (Å²) in [6, 6.07) is 3.92. The number of hydrogen-bond donors (Lipinski definition) is 3. The van der Waals surface area contributed by atoms with Gasteiger partial charge < -0.3 is 25.0 Å². The van der Waals surface area contributed by atoms with Crippen molar-refractivity contribution in [3.8, 4) is 5.75 Å². The molecule has 1 saturated carbocycles. The van der Waals surface area contributed by atoms with Crippen LogP contribution in [0.4, 0.5) is 32.3 Å². The smallest absolute Gasteiger partial charge is 0.416 e. The molecule has 6 rings (SSSR count). The third kappa shape index (κ3) is 9.67. The first-order valence-corrected chi connectivity index (χ1v) is 17.5. The largest absolute Gasteiger partial charge is 0.488 e. The number of ether oxygens (including phenoxy) is 1. The van der Waals surface area contributed by atoms with E-state index in [1.807, 2.05) is 18.7 Å². The fraction of sp³-hybridized carbons (Fsp3) is 0.595. The Labute approximate surface area is 317 Å². The first-order valence-electron chi connectivity index (χ1n) is 17.5. The lowest BCUT2D eigenvalue weighted by molar-refractivity contribution is -0.137. The highest BCUT2D eigenvalue weighted by Crippen LogP contribution is 2.52. The zero-order valence-corrected chi connectivity index (χ0v) is 31.1. The highest BCUT2D eigenvalue weighted by molar-refractivity contribution is 5.85. The van der Waals surface area contributed by atoms with E-state index in [9.17, 15) is 32.2 Å². The molecule has 0 unspecified atom stereocenters. The van der Waals surface area contributed by atoms with E-state index in [1.165, 1.54) is 12.4 Å². The van der Waals surface area contributed by atoms with Gasteiger partial charge in [0.2, 0.25) is 11.9 Å². The minimum atomic E-state index is -4.61. The molecule has 1 aromatic carbocycles. The van der Waals surface area contributed by atoms with E-state index < -0.39 is 48.6 Å². The van der Waals surface area contributed by atoms with Gasteiger partial charge in [0.25, 0.3) is 0 Å². The summed E-state index contributed by atoms with van der Waals surface area (Å²) in [7, 11) is 0. The predicted molar refractivity (Wildman–Crippen MR) is 191 cm³/mol. The lowest BCUT2D eigenvalue weighted by Gasteiger charge is -2.41. The topological polar surface area (TPSA) is 112 Å². The van der Waals surface area contributed by atoms with E-state index in [-0.39, 0.29) is 79.6 Å². The Morgan fingerprint density at radius 2 is 1.55 bits per heavy atom. The first kappa shape index (κ1) is 42.8. The molecule has 2 aromatic heterocycles. The number of aliphatic hydroxyl groups is 3. The van der Waals surface area contributed by atoms with Crippen LogP contribution in [0.2, 0.25) is 0 Å². The third-order valence-electron chi connectivity index (χ3n) is 10.5. The molecule has 3 N–H and O–H groups in total. The lowest BCUT2D eigenvalue weighted by Crippen LogP contribution is -2.36. The van der Waals surface area contributed by atoms with Crippen LogP contribution in [-0.4, -0.2) is 68.6 Å². The van der Waals surface area contributed by atoms with Crippen molar-refractivity contribution in [1.82, 2.24) is 15.0 Å². The maximum atomic E-state index is 17.2. The van der Waals surface area contributed by atoms with Gasteiger partial charge in [-0.2, -0.15) is 13.2 Å². The Hall–Kier alpha value is -2.91. The van der Waals surface area contributed by atoms with Crippen molar-refractivity contribution < 1.29 is 46.4 Å². The van der Waals surface area contributed by atoms with Crippen molar-refractivity contribution in [2.45, 2.75) is 108 Å². The van der Waals surface area contributed by atoms with Gasteiger partial charge in [-0.3, -0.25) is 4.98 Å². The fourth-order valence-electron chi connectivity index (χ4n) is 7.86. The Bertz CT molecular complexity index is 1670. The number of rotatable bonds is 9. The van der Waals surface area contributed by atoms with Crippen molar-refractivity contribution in [1.29, 1.82) is 0 Å². The third-order valence-corrected chi connectivity index (χ3v) is 10.5. The molecule has 53 heavy (non-hydrogen) atoms. The molecule has 0 amide bonds. The van der Waals surface area contributed by atoms with Gasteiger partial charge in [0.15, 0.2) is 11.9 Å². The minimum absolute atomic E-state index is 0. The number of benzene rings is 1. The molecular weight excluding hydrogens is 749 g/mol. The van der Waals surface area contributed by atoms with Crippen LogP contribution in [-0.2, 0) is 12.6 Å². The summed E-state index contributed by atoms with van der Waals surface area (Å²) in [5, 5.41) is 30.1. The van der Waals surface area contributed by atoms with Gasteiger partial charge in [-0.1, -0.05) is 26.0 Å². The molecule has 8 nitrogen and oxygen atoms in total. The number of nitrogens with zero attached hydrogens (tertiary/aromatic N) is 4. The van der Waals surface area contributed by atoms with Crippen LogP contribution in [0.1, 0.15) is 122 Å². The number of aliphatic hydroxyl groups excluding tert-OH is 3. The predicted octanol–water partition coefficient (Wildman–Crippen LogP) is 8.21. The van der Waals surface area contributed by atoms with Crippen LogP contribution < -0.4 is 9.64 Å². The van der Waals surface area contributed by atoms with Crippen LogP contribution in [0, 0.1) is 5.41 Å². The molecule has 2 fully saturated rings. The second kappa shape index (κ2) is 16.8. The summed E-state index contributed by atoms with van der Waals surface area (Å²) < 4.78 is 91.8. The molecule has 2 aliphatic carbocycles. The van der Waals surface area contributed by atoms with E-state index in [4.69, 9.17) is 14.8 Å². The number of alkyl halides is 6. The zero-order chi connectivity index (χ0) is 36.7. The van der Waals surface area contributed by atoms with Gasteiger partial charge in [-0.05, 0) is 73.1 Å². The second-order valence-corrected chi connectivity index (χ2v) is 15.0. The van der Waals surface area contributed by atoms with E-state index in [2.05, 4.69) is 9.97 Å². The Morgan fingerprint density at radius 3 is 2.11 bits per heavy atom. The van der Waals surface area contributed by atoms with Crippen molar-refractivity contribution in [3.05, 3.63) is 75.9 Å². The highest BCUT2D eigenvalue weighted by atomic mass is 35.5. The molecule has 3 aromatic rings. The SMILES string of the molecule is CC1(C)Cc2nc(C3CCN(c4ncc(OC[C@@H](O)CO)cn4)CC3)c([C@@H](F)c3ccc(C(F)(F)F)cc3)c(C3CCC(F)(F)CC3)c2[C@@H](O)C1.Cl.Cl. The fourth-order valence-corrected chi connectivity index (χ4v) is 7.86. The highest BCUT2D eigenvalue weighted by Gasteiger charge is 2.44. The molecule has 3 aliphatic rings. The maximum absolute atomic E-state index is 17.2. The molecule has 3 atom stereocenters. The summed E-state index contributed by atoms with van der Waals surface area (Å²) in [5.41, 5.74) is 1.01. The number of halogens is 8. The second-order valence-electron chi connectivity index (χ2n) is 15.0. The van der Waals surface area contributed by atoms with Gasteiger partial charge in [0, 0.05) is 48.7 Å². The van der Waals surface area contributed by atoms with Crippen LogP contribution >= 0.6 is 24.8 Å². The van der Waals surface area contributed by atoms with Crippen LogP contribution in [0.5, 0.6) is 5.75 Å². The molecule has 0 radical (unpaired) electrons. The quantitative estimate of drug-likeness (QED) is 0.186. The van der Waals surface area contributed by atoms with Crippen molar-refractivity contribution in [2.75, 3.05) is 31.2 Å². The molecule has 294 valence electrons. The summed E-state index contributed by atoms with van der Waals surface area (Å²) in [5.74, 6) is -2.85. The average molecular weight is 796 g/mol. The number of aromatic nitrogens is 3. The summed E-state index contributed by atoms with van der Waals surface area (Å²) in [6.45, 7) is 4.41. The van der Waals surface area contributed by atoms with Crippen LogP contribution in [0.25, 0.3) is 0 Å². The Morgan fingerprint density at radius 1 is 0.943 bits per heavy atom. The van der Waals surface area contributed by atoms with Gasteiger partial charge in [0.05, 0.1) is 36.4 Å². The van der Waals surface area contributed by atoms with Crippen molar-refractivity contribution in [3.63, 3.8) is 0 Å². The number of hydrogen-bond acceptors (Lipinski definition) is 8. The minimum Gasteiger partial charge on any atom is -0.488 e. The van der Waals surface area contributed by atoms with Crippen LogP contribution in [0.3, 0.4) is 0 Å². The number of piperidine rings is 1. The van der Waals surface area contributed by atoms with Gasteiger partial charge in [-0.25, -0.2) is 23.1 Å². The summed E-state index contributed by atoms with van der Waals surface area (Å²) in [4.78, 5) is 15.8. The molecule has 1 aliphatic heterocycles. The zero-order valence-electron chi connectivity index (χ0n) is 29.5. The molecule has 16 heteroatoms. The van der Waals surface area contributed by atoms with E-state index in [1.54, 1.807) is 0 Å². The van der Waals surface area contributed by atoms with Crippen LogP contribution in [0.15, 0.2) is 36.7 Å². The Balaban J connectivity index is 0.00000314. The lowest BCUT2D eigenvalue weighted by atomic mass is 9.68. The normalized spacial score (nSPS) is 21.5. The van der Waals surface area contributed by atoms with E-state index >= 15 is 4.39 Å². The summed E-state index contributed by atoms with van der Waals surface area (Å²) >= 11 is 0. The Kier molecular flexibility index (Phi) is 13.6. The summed E-state index contributed by atoms with van der Waals surface area (Å²) in [6.07, 6.45) is -4.33. The standard InChI is InChI=1S/C37H44F6N4O4.2ClH/c1-35(2)15-27-30(28(50)16-35)29(21-7-11-36(39,40)12-8-21)31(32(38)22-3-5-24(6-4-22)37(41,42)43)33(46-27)23-9-13-47(14-10-23)34-44-17-26(18-45-34)51-20-25(49)19-48;;/h3-6,17-18,21,23,25,28,32,48-50H,7-16,19-20H2,1-2H3;2*1H/t25-,28-,32-;;/m0../s1. The molecule has 0 spiro atoms. The van der Waals surface area contributed by atoms with Gasteiger partial charge in [0.1, 0.15) is 12.7 Å². The monoisotopic (exact) mass is 794 g/mol. The number of fused-ring (bicyclic) bond motifs is 1. The van der Waals surface area contributed by atoms with E-state index in [0.717, 1.165) is 24.3 Å². The van der Waals surface area contributed by atoms with Crippen molar-refractivity contribution >= 4 is 30.8 Å².